The minimum Gasteiger partial charge on any atom is -0.370 e. The minimum atomic E-state index is -0.348. The van der Waals surface area contributed by atoms with Crippen molar-refractivity contribution in [2.24, 2.45) is 10.7 Å². The second kappa shape index (κ2) is 7.78. The highest BCUT2D eigenvalue weighted by Gasteiger charge is 2.21. The van der Waals surface area contributed by atoms with Gasteiger partial charge in [0, 0.05) is 35.3 Å². The number of rotatable bonds is 3. The SMILES string of the molecule is NC1CCN(c2cnc3ccc(C4=CCN=C4c4cc(Cl)ccc4F)nc3c2)CC1. The van der Waals surface area contributed by atoms with Crippen molar-refractivity contribution in [1.29, 1.82) is 0 Å². The number of hydrogen-bond acceptors (Lipinski definition) is 5. The summed E-state index contributed by atoms with van der Waals surface area (Å²) in [6.45, 7) is 2.33. The summed E-state index contributed by atoms with van der Waals surface area (Å²) < 4.78 is 14.4. The molecule has 4 heterocycles. The van der Waals surface area contributed by atoms with Gasteiger partial charge in [-0.05, 0) is 49.2 Å². The molecule has 3 aromatic rings. The lowest BCUT2D eigenvalue weighted by atomic mass is 9.99. The summed E-state index contributed by atoms with van der Waals surface area (Å²) in [4.78, 5) is 16.2. The van der Waals surface area contributed by atoms with E-state index in [-0.39, 0.29) is 11.9 Å². The third-order valence-corrected chi connectivity index (χ3v) is 5.92. The van der Waals surface area contributed by atoms with Crippen molar-refractivity contribution >= 4 is 39.6 Å². The second-order valence-electron chi connectivity index (χ2n) is 7.68. The van der Waals surface area contributed by atoms with Gasteiger partial charge in [-0.15, -0.1) is 0 Å². The maximum Gasteiger partial charge on any atom is 0.132 e. The van der Waals surface area contributed by atoms with Crippen molar-refractivity contribution in [3.63, 3.8) is 0 Å². The van der Waals surface area contributed by atoms with Crippen LogP contribution in [-0.2, 0) is 0 Å². The van der Waals surface area contributed by atoms with Gasteiger partial charge in [0.2, 0.25) is 0 Å². The number of aliphatic imine (C=N–C) groups is 1. The van der Waals surface area contributed by atoms with Crippen LogP contribution in [0.1, 0.15) is 24.1 Å². The Morgan fingerprint density at radius 1 is 1.07 bits per heavy atom. The number of aromatic nitrogens is 2. The summed E-state index contributed by atoms with van der Waals surface area (Å²) in [6, 6.07) is 10.7. The van der Waals surface area contributed by atoms with Crippen LogP contribution in [0.4, 0.5) is 10.1 Å². The third kappa shape index (κ3) is 3.57. The monoisotopic (exact) mass is 421 g/mol. The molecule has 1 saturated heterocycles. The molecule has 5 nitrogen and oxygen atoms in total. The predicted octanol–water partition coefficient (Wildman–Crippen LogP) is 4.24. The van der Waals surface area contributed by atoms with Crippen LogP contribution in [0.3, 0.4) is 0 Å². The number of fused-ring (bicyclic) bond motifs is 1. The molecule has 2 N–H and O–H groups in total. The molecule has 1 aromatic carbocycles. The van der Waals surface area contributed by atoms with E-state index in [9.17, 15) is 4.39 Å². The third-order valence-electron chi connectivity index (χ3n) is 5.69. The van der Waals surface area contributed by atoms with E-state index in [1.807, 2.05) is 24.4 Å². The number of piperidine rings is 1. The van der Waals surface area contributed by atoms with Gasteiger partial charge in [-0.25, -0.2) is 9.37 Å². The van der Waals surface area contributed by atoms with Gasteiger partial charge in [0.15, 0.2) is 0 Å². The van der Waals surface area contributed by atoms with Crippen molar-refractivity contribution in [2.75, 3.05) is 24.5 Å². The van der Waals surface area contributed by atoms with E-state index < -0.39 is 0 Å². The van der Waals surface area contributed by atoms with Crippen molar-refractivity contribution in [2.45, 2.75) is 18.9 Å². The molecule has 0 amide bonds. The number of allylic oxidation sites excluding steroid dienone is 1. The van der Waals surface area contributed by atoms with Gasteiger partial charge < -0.3 is 10.6 Å². The maximum absolute atomic E-state index is 14.4. The number of anilines is 1. The van der Waals surface area contributed by atoms with E-state index in [0.29, 0.717) is 22.8 Å². The van der Waals surface area contributed by atoms with Crippen molar-refractivity contribution in [3.05, 3.63) is 70.8 Å². The van der Waals surface area contributed by atoms with Crippen LogP contribution >= 0.6 is 11.6 Å². The lowest BCUT2D eigenvalue weighted by molar-refractivity contribution is 0.501. The summed E-state index contributed by atoms with van der Waals surface area (Å²) >= 11 is 6.09. The lowest BCUT2D eigenvalue weighted by Crippen LogP contribution is -2.39. The molecule has 2 aliphatic heterocycles. The van der Waals surface area contributed by atoms with Crippen LogP contribution in [-0.4, -0.2) is 41.4 Å². The lowest BCUT2D eigenvalue weighted by Gasteiger charge is -2.31. The number of pyridine rings is 2. The molecule has 0 radical (unpaired) electrons. The largest absolute Gasteiger partial charge is 0.370 e. The molecule has 152 valence electrons. The summed E-state index contributed by atoms with van der Waals surface area (Å²) in [6.07, 6.45) is 5.81. The zero-order chi connectivity index (χ0) is 20.7. The molecule has 2 aliphatic rings. The minimum absolute atomic E-state index is 0.276. The van der Waals surface area contributed by atoms with E-state index in [0.717, 1.165) is 53.9 Å². The van der Waals surface area contributed by atoms with E-state index in [1.54, 1.807) is 6.07 Å². The first-order valence-corrected chi connectivity index (χ1v) is 10.4. The van der Waals surface area contributed by atoms with E-state index >= 15 is 0 Å². The first-order chi connectivity index (χ1) is 14.6. The zero-order valence-corrected chi connectivity index (χ0v) is 17.1. The van der Waals surface area contributed by atoms with Gasteiger partial charge in [-0.2, -0.15) is 0 Å². The zero-order valence-electron chi connectivity index (χ0n) is 16.4. The fourth-order valence-electron chi connectivity index (χ4n) is 4.02. The average Bonchev–Trinajstić information content (AvgIpc) is 3.25. The van der Waals surface area contributed by atoms with Gasteiger partial charge in [-0.1, -0.05) is 17.7 Å². The van der Waals surface area contributed by atoms with E-state index in [2.05, 4.69) is 20.9 Å². The van der Waals surface area contributed by atoms with Gasteiger partial charge >= 0.3 is 0 Å². The van der Waals surface area contributed by atoms with Crippen LogP contribution in [0.5, 0.6) is 0 Å². The fourth-order valence-corrected chi connectivity index (χ4v) is 4.19. The summed E-state index contributed by atoms with van der Waals surface area (Å²) in [5.74, 6) is -0.348. The Labute approximate surface area is 179 Å². The molecule has 7 heteroatoms. The highest BCUT2D eigenvalue weighted by Crippen LogP contribution is 2.29. The Hall–Kier alpha value is -2.83. The Morgan fingerprint density at radius 2 is 1.90 bits per heavy atom. The topological polar surface area (TPSA) is 67.4 Å². The molecule has 0 spiro atoms. The van der Waals surface area contributed by atoms with Crippen LogP contribution in [0.25, 0.3) is 16.6 Å². The van der Waals surface area contributed by atoms with Gasteiger partial charge in [0.1, 0.15) is 5.82 Å². The Kier molecular flexibility index (Phi) is 4.97. The average molecular weight is 422 g/mol. The molecule has 0 unspecified atom stereocenters. The van der Waals surface area contributed by atoms with Crippen LogP contribution < -0.4 is 10.6 Å². The Bertz CT molecular complexity index is 1180. The molecule has 0 atom stereocenters. The highest BCUT2D eigenvalue weighted by molar-refractivity contribution is 6.35. The van der Waals surface area contributed by atoms with E-state index in [1.165, 1.54) is 12.1 Å². The number of nitrogens with zero attached hydrogens (tertiary/aromatic N) is 4. The number of hydrogen-bond donors (Lipinski definition) is 1. The molecule has 1 fully saturated rings. The first kappa shape index (κ1) is 19.2. The maximum atomic E-state index is 14.4. The molecular weight excluding hydrogens is 401 g/mol. The standard InChI is InChI=1S/C23H21ClFN5/c24-14-1-2-19(25)18(11-14)23-17(5-8-27-23)20-3-4-21-22(29-20)12-16(13-28-21)30-9-6-15(26)7-10-30/h1-5,11-13,15H,6-10,26H2. The molecule has 2 aromatic heterocycles. The molecule has 5 rings (SSSR count). The molecule has 0 bridgehead atoms. The molecular formula is C23H21ClFN5. The number of nitrogens with two attached hydrogens (primary N) is 1. The van der Waals surface area contributed by atoms with Crippen molar-refractivity contribution in [3.8, 4) is 0 Å². The summed E-state index contributed by atoms with van der Waals surface area (Å²) in [5.41, 5.74) is 11.2. The Balaban J connectivity index is 1.50. The number of halogens is 2. The van der Waals surface area contributed by atoms with Crippen molar-refractivity contribution in [1.82, 2.24) is 9.97 Å². The smallest absolute Gasteiger partial charge is 0.132 e. The summed E-state index contributed by atoms with van der Waals surface area (Å²) in [7, 11) is 0. The highest BCUT2D eigenvalue weighted by atomic mass is 35.5. The van der Waals surface area contributed by atoms with Crippen LogP contribution in [0.15, 0.2) is 53.7 Å². The Morgan fingerprint density at radius 3 is 2.73 bits per heavy atom. The second-order valence-corrected chi connectivity index (χ2v) is 8.12. The summed E-state index contributed by atoms with van der Waals surface area (Å²) in [5, 5.41) is 0.474. The first-order valence-electron chi connectivity index (χ1n) is 10.1. The number of benzene rings is 1. The van der Waals surface area contributed by atoms with Gasteiger partial charge in [0.05, 0.1) is 40.9 Å². The van der Waals surface area contributed by atoms with Gasteiger partial charge in [-0.3, -0.25) is 9.98 Å². The fraction of sp³-hybridized carbons (Fsp3) is 0.261. The predicted molar refractivity (Wildman–Crippen MR) is 120 cm³/mol. The quantitative estimate of drug-likeness (QED) is 0.687. The molecule has 30 heavy (non-hydrogen) atoms. The van der Waals surface area contributed by atoms with Crippen LogP contribution in [0.2, 0.25) is 5.02 Å². The normalized spacial score (nSPS) is 17.4. The van der Waals surface area contributed by atoms with Crippen molar-refractivity contribution < 1.29 is 4.39 Å². The van der Waals surface area contributed by atoms with Crippen LogP contribution in [0, 0.1) is 5.82 Å². The van der Waals surface area contributed by atoms with Gasteiger partial charge in [0.25, 0.3) is 0 Å². The molecule has 0 aliphatic carbocycles. The van der Waals surface area contributed by atoms with E-state index in [4.69, 9.17) is 22.3 Å². The molecule has 0 saturated carbocycles.